The molecule has 0 aliphatic heterocycles. The lowest BCUT2D eigenvalue weighted by Gasteiger charge is -2.20. The van der Waals surface area contributed by atoms with Crippen LogP contribution in [0.15, 0.2) is 12.1 Å². The molecule has 0 unspecified atom stereocenters. The predicted octanol–water partition coefficient (Wildman–Crippen LogP) is 4.93. The Morgan fingerprint density at radius 2 is 1.52 bits per heavy atom. The van der Waals surface area contributed by atoms with E-state index in [1.807, 2.05) is 0 Å². The highest BCUT2D eigenvalue weighted by Crippen LogP contribution is 2.31. The van der Waals surface area contributed by atoms with Gasteiger partial charge in [-0.2, -0.15) is 0 Å². The standard InChI is InChI=1S/C21H31NO/c1-14(2)18-12-20(15(3)4)19(21(13-18)16(5)6)10-8-9-11-22-17(7)23/h12-16H,9,11H2,1-7H3,(H,22,23). The number of carbonyl (C=O) groups is 1. The topological polar surface area (TPSA) is 29.1 Å². The smallest absolute Gasteiger partial charge is 0.216 e. The molecule has 0 saturated carbocycles. The molecule has 0 fully saturated rings. The third-order valence-electron chi connectivity index (χ3n) is 3.97. The van der Waals surface area contributed by atoms with E-state index in [9.17, 15) is 4.79 Å². The van der Waals surface area contributed by atoms with Crippen molar-refractivity contribution in [3.8, 4) is 11.8 Å². The van der Waals surface area contributed by atoms with E-state index in [0.29, 0.717) is 30.7 Å². The van der Waals surface area contributed by atoms with E-state index in [-0.39, 0.29) is 5.91 Å². The SMILES string of the molecule is CC(=O)NCCC#Cc1c(C(C)C)cc(C(C)C)cc1C(C)C. The fourth-order valence-electron chi connectivity index (χ4n) is 2.55. The van der Waals surface area contributed by atoms with Gasteiger partial charge in [-0.1, -0.05) is 65.5 Å². The highest BCUT2D eigenvalue weighted by Gasteiger charge is 2.15. The van der Waals surface area contributed by atoms with Gasteiger partial charge in [0.2, 0.25) is 5.91 Å². The second kappa shape index (κ2) is 8.77. The Bertz CT molecular complexity index is 571. The van der Waals surface area contributed by atoms with Crippen LogP contribution >= 0.6 is 0 Å². The molecule has 0 heterocycles. The van der Waals surface area contributed by atoms with Crippen LogP contribution in [-0.4, -0.2) is 12.5 Å². The second-order valence-corrected chi connectivity index (χ2v) is 7.07. The predicted molar refractivity (Wildman–Crippen MR) is 98.9 cm³/mol. The first-order valence-corrected chi connectivity index (χ1v) is 8.65. The molecular weight excluding hydrogens is 282 g/mol. The van der Waals surface area contributed by atoms with Gasteiger partial charge in [-0.15, -0.1) is 0 Å². The largest absolute Gasteiger partial charge is 0.355 e. The van der Waals surface area contributed by atoms with Gasteiger partial charge >= 0.3 is 0 Å². The van der Waals surface area contributed by atoms with E-state index in [4.69, 9.17) is 0 Å². The third kappa shape index (κ3) is 5.75. The molecule has 1 aromatic carbocycles. The summed E-state index contributed by atoms with van der Waals surface area (Å²) in [7, 11) is 0. The Labute approximate surface area is 142 Å². The number of hydrogen-bond acceptors (Lipinski definition) is 1. The highest BCUT2D eigenvalue weighted by molar-refractivity contribution is 5.72. The van der Waals surface area contributed by atoms with Gasteiger partial charge in [-0.25, -0.2) is 0 Å². The number of nitrogens with one attached hydrogen (secondary N) is 1. The summed E-state index contributed by atoms with van der Waals surface area (Å²) in [6, 6.07) is 4.64. The van der Waals surface area contributed by atoms with Crippen molar-refractivity contribution in [3.63, 3.8) is 0 Å². The summed E-state index contributed by atoms with van der Waals surface area (Å²) >= 11 is 0. The summed E-state index contributed by atoms with van der Waals surface area (Å²) in [6.07, 6.45) is 0.681. The Kier molecular flexibility index (Phi) is 7.36. The van der Waals surface area contributed by atoms with Crippen molar-refractivity contribution in [1.82, 2.24) is 5.32 Å². The maximum atomic E-state index is 10.9. The first-order valence-electron chi connectivity index (χ1n) is 8.65. The van der Waals surface area contributed by atoms with Crippen molar-refractivity contribution >= 4 is 5.91 Å². The molecule has 0 aliphatic carbocycles. The van der Waals surface area contributed by atoms with Crippen LogP contribution in [0.2, 0.25) is 0 Å². The first kappa shape index (κ1) is 19.3. The molecule has 126 valence electrons. The summed E-state index contributed by atoms with van der Waals surface area (Å²) in [4.78, 5) is 10.9. The minimum atomic E-state index is -0.00109. The van der Waals surface area contributed by atoms with Crippen molar-refractivity contribution < 1.29 is 4.79 Å². The molecule has 0 aromatic heterocycles. The molecule has 0 bridgehead atoms. The highest BCUT2D eigenvalue weighted by atomic mass is 16.1. The summed E-state index contributed by atoms with van der Waals surface area (Å²) in [5.41, 5.74) is 5.25. The summed E-state index contributed by atoms with van der Waals surface area (Å²) < 4.78 is 0. The van der Waals surface area contributed by atoms with Crippen molar-refractivity contribution in [2.45, 2.75) is 72.6 Å². The van der Waals surface area contributed by atoms with Crippen LogP contribution in [-0.2, 0) is 4.79 Å². The van der Waals surface area contributed by atoms with Gasteiger partial charge in [0, 0.05) is 25.5 Å². The van der Waals surface area contributed by atoms with Gasteiger partial charge in [0.15, 0.2) is 0 Å². The Morgan fingerprint density at radius 3 is 1.91 bits per heavy atom. The third-order valence-corrected chi connectivity index (χ3v) is 3.97. The van der Waals surface area contributed by atoms with Gasteiger partial charge in [0.1, 0.15) is 0 Å². The first-order chi connectivity index (χ1) is 10.7. The molecule has 2 heteroatoms. The van der Waals surface area contributed by atoms with Crippen LogP contribution in [0.4, 0.5) is 0 Å². The monoisotopic (exact) mass is 313 g/mol. The van der Waals surface area contributed by atoms with Crippen LogP contribution in [0.1, 0.15) is 94.9 Å². The average Bonchev–Trinajstić information content (AvgIpc) is 2.45. The zero-order valence-corrected chi connectivity index (χ0v) is 15.7. The molecule has 0 atom stereocenters. The quantitative estimate of drug-likeness (QED) is 0.606. The van der Waals surface area contributed by atoms with E-state index in [1.54, 1.807) is 0 Å². The summed E-state index contributed by atoms with van der Waals surface area (Å²) in [5, 5.41) is 2.79. The molecular formula is C21H31NO. The van der Waals surface area contributed by atoms with E-state index >= 15 is 0 Å². The Hall–Kier alpha value is -1.75. The second-order valence-electron chi connectivity index (χ2n) is 7.07. The van der Waals surface area contributed by atoms with Gasteiger partial charge in [0.25, 0.3) is 0 Å². The minimum absolute atomic E-state index is 0.00109. The maximum absolute atomic E-state index is 10.9. The van der Waals surface area contributed by atoms with Gasteiger partial charge < -0.3 is 5.32 Å². The van der Waals surface area contributed by atoms with E-state index < -0.39 is 0 Å². The zero-order chi connectivity index (χ0) is 17.6. The number of benzene rings is 1. The molecule has 0 aliphatic rings. The minimum Gasteiger partial charge on any atom is -0.355 e. The van der Waals surface area contributed by atoms with Crippen molar-refractivity contribution in [1.29, 1.82) is 0 Å². The maximum Gasteiger partial charge on any atom is 0.216 e. The molecule has 1 aromatic rings. The average molecular weight is 313 g/mol. The van der Waals surface area contributed by atoms with Crippen molar-refractivity contribution in [2.75, 3.05) is 6.54 Å². The molecule has 1 amide bonds. The molecule has 0 radical (unpaired) electrons. The van der Waals surface area contributed by atoms with E-state index in [2.05, 4.69) is 70.8 Å². The Balaban J connectivity index is 3.22. The fourth-order valence-corrected chi connectivity index (χ4v) is 2.55. The molecule has 0 spiro atoms. The van der Waals surface area contributed by atoms with Crippen LogP contribution in [0.25, 0.3) is 0 Å². The van der Waals surface area contributed by atoms with Crippen LogP contribution in [0.3, 0.4) is 0 Å². The molecule has 2 nitrogen and oxygen atoms in total. The Morgan fingerprint density at radius 1 is 1.00 bits per heavy atom. The van der Waals surface area contributed by atoms with Gasteiger partial charge in [-0.05, 0) is 34.4 Å². The molecule has 1 N–H and O–H groups in total. The van der Waals surface area contributed by atoms with Crippen molar-refractivity contribution in [2.24, 2.45) is 0 Å². The van der Waals surface area contributed by atoms with E-state index in [1.165, 1.54) is 29.2 Å². The molecule has 0 saturated heterocycles. The summed E-state index contributed by atoms with van der Waals surface area (Å²) in [5.74, 6) is 8.03. The number of hydrogen-bond donors (Lipinski definition) is 1. The van der Waals surface area contributed by atoms with E-state index in [0.717, 1.165) is 0 Å². The summed E-state index contributed by atoms with van der Waals surface area (Å²) in [6.45, 7) is 15.5. The fraction of sp³-hybridized carbons (Fsp3) is 0.571. The number of carbonyl (C=O) groups excluding carboxylic acids is 1. The zero-order valence-electron chi connectivity index (χ0n) is 15.7. The molecule has 23 heavy (non-hydrogen) atoms. The lowest BCUT2D eigenvalue weighted by Crippen LogP contribution is -2.20. The van der Waals surface area contributed by atoms with Crippen LogP contribution in [0.5, 0.6) is 0 Å². The molecule has 1 rings (SSSR count). The lowest BCUT2D eigenvalue weighted by atomic mass is 9.84. The van der Waals surface area contributed by atoms with Gasteiger partial charge in [-0.3, -0.25) is 4.79 Å². The normalized spacial score (nSPS) is 10.9. The van der Waals surface area contributed by atoms with Crippen LogP contribution in [0, 0.1) is 11.8 Å². The van der Waals surface area contributed by atoms with Crippen LogP contribution < -0.4 is 5.32 Å². The lowest BCUT2D eigenvalue weighted by molar-refractivity contribution is -0.118. The number of rotatable bonds is 5. The van der Waals surface area contributed by atoms with Crippen molar-refractivity contribution in [3.05, 3.63) is 34.4 Å². The van der Waals surface area contributed by atoms with Gasteiger partial charge in [0.05, 0.1) is 0 Å². The number of amides is 1.